The van der Waals surface area contributed by atoms with Crippen molar-refractivity contribution in [2.24, 2.45) is 16.6 Å². The van der Waals surface area contributed by atoms with E-state index in [4.69, 9.17) is 10.5 Å². The van der Waals surface area contributed by atoms with Gasteiger partial charge >= 0.3 is 0 Å². The Kier molecular flexibility index (Phi) is 4.53. The summed E-state index contributed by atoms with van der Waals surface area (Å²) in [5.74, 6) is 1.21. The van der Waals surface area contributed by atoms with Gasteiger partial charge < -0.3 is 20.6 Å². The molecule has 0 saturated heterocycles. The third kappa shape index (κ3) is 2.99. The maximum absolute atomic E-state index is 12.0. The molecule has 1 atom stereocenters. The lowest BCUT2D eigenvalue weighted by Gasteiger charge is -2.28. The van der Waals surface area contributed by atoms with E-state index in [-0.39, 0.29) is 11.9 Å². The van der Waals surface area contributed by atoms with Crippen molar-refractivity contribution < 1.29 is 9.53 Å². The average Bonchev–Trinajstić information content (AvgIpc) is 3.36. The predicted octanol–water partition coefficient (Wildman–Crippen LogP) is 2.16. The smallest absolute Gasteiger partial charge is 0.189 e. The van der Waals surface area contributed by atoms with Gasteiger partial charge in [0.25, 0.3) is 0 Å². The lowest BCUT2D eigenvalue weighted by molar-refractivity contribution is -0.113. The summed E-state index contributed by atoms with van der Waals surface area (Å²) in [5, 5.41) is 5.15. The van der Waals surface area contributed by atoms with Gasteiger partial charge in [0.15, 0.2) is 12.2 Å². The molecular weight excluding hydrogens is 324 g/mol. The van der Waals surface area contributed by atoms with Crippen LogP contribution in [-0.4, -0.2) is 31.4 Å². The van der Waals surface area contributed by atoms with Gasteiger partial charge in [-0.2, -0.15) is 0 Å². The Morgan fingerprint density at radius 3 is 2.88 bits per heavy atom. The second-order valence-corrected chi connectivity index (χ2v) is 6.72. The fourth-order valence-electron chi connectivity index (χ4n) is 2.75. The Hall–Kier alpha value is -2.41. The molecule has 2 aromatic rings. The van der Waals surface area contributed by atoms with Crippen molar-refractivity contribution in [3.05, 3.63) is 34.8 Å². The molecule has 24 heavy (non-hydrogen) atoms. The Balaban J connectivity index is 1.98. The van der Waals surface area contributed by atoms with E-state index < -0.39 is 5.54 Å². The molecule has 7 heteroatoms. The molecule has 2 heterocycles. The molecule has 1 saturated carbocycles. The first-order valence-electron chi connectivity index (χ1n) is 7.68. The van der Waals surface area contributed by atoms with Gasteiger partial charge in [0, 0.05) is 23.7 Å². The maximum atomic E-state index is 12.0. The molecule has 0 amide bonds. The molecule has 1 unspecified atom stereocenters. The van der Waals surface area contributed by atoms with E-state index in [1.807, 2.05) is 17.5 Å². The van der Waals surface area contributed by atoms with Crippen LogP contribution in [0.15, 0.2) is 34.9 Å². The van der Waals surface area contributed by atoms with Crippen LogP contribution in [0.3, 0.4) is 0 Å². The van der Waals surface area contributed by atoms with Crippen molar-refractivity contribution in [3.8, 4) is 16.9 Å². The Morgan fingerprint density at radius 2 is 2.25 bits per heavy atom. The van der Waals surface area contributed by atoms with E-state index in [1.54, 1.807) is 26.6 Å². The minimum atomic E-state index is -0.807. The van der Waals surface area contributed by atoms with E-state index in [0.717, 1.165) is 35.1 Å². The van der Waals surface area contributed by atoms with Crippen LogP contribution in [0.25, 0.3) is 11.1 Å². The summed E-state index contributed by atoms with van der Waals surface area (Å²) in [6, 6.07) is 3.94. The zero-order valence-electron chi connectivity index (χ0n) is 13.7. The van der Waals surface area contributed by atoms with Gasteiger partial charge in [-0.1, -0.05) is 0 Å². The van der Waals surface area contributed by atoms with E-state index in [2.05, 4.69) is 15.3 Å². The number of aromatic nitrogens is 1. The largest absolute Gasteiger partial charge is 0.495 e. The van der Waals surface area contributed by atoms with Crippen molar-refractivity contribution in [1.29, 1.82) is 0 Å². The number of methoxy groups -OCH3 is 1. The number of nitrogens with one attached hydrogen (secondary N) is 1. The minimum Gasteiger partial charge on any atom is -0.495 e. The van der Waals surface area contributed by atoms with Crippen molar-refractivity contribution in [3.63, 3.8) is 0 Å². The zero-order valence-corrected chi connectivity index (χ0v) is 14.5. The maximum Gasteiger partial charge on any atom is 0.189 e. The van der Waals surface area contributed by atoms with Gasteiger partial charge in [-0.3, -0.25) is 9.98 Å². The molecule has 1 fully saturated rings. The Morgan fingerprint density at radius 1 is 1.46 bits per heavy atom. The van der Waals surface area contributed by atoms with Crippen LogP contribution in [0.5, 0.6) is 5.75 Å². The monoisotopic (exact) mass is 344 g/mol. The first-order valence-corrected chi connectivity index (χ1v) is 8.56. The summed E-state index contributed by atoms with van der Waals surface area (Å²) in [7, 11) is 3.22. The van der Waals surface area contributed by atoms with Gasteiger partial charge in [-0.15, -0.1) is 11.3 Å². The summed E-state index contributed by atoms with van der Waals surface area (Å²) in [4.78, 5) is 21.1. The quantitative estimate of drug-likeness (QED) is 0.476. The fourth-order valence-corrected chi connectivity index (χ4v) is 3.86. The molecule has 0 aromatic carbocycles. The van der Waals surface area contributed by atoms with E-state index in [0.29, 0.717) is 5.75 Å². The molecule has 3 N–H and O–H groups in total. The second-order valence-electron chi connectivity index (χ2n) is 5.81. The number of nitrogens with zero attached hydrogens (tertiary/aromatic N) is 2. The summed E-state index contributed by atoms with van der Waals surface area (Å²) in [6.07, 6.45) is 6.40. The average molecular weight is 344 g/mol. The molecular formula is C17H20N4O2S. The van der Waals surface area contributed by atoms with Crippen LogP contribution in [0.1, 0.15) is 17.7 Å². The number of carbonyl (C=O) groups excluding carboxylic acids is 1. The highest BCUT2D eigenvalue weighted by Crippen LogP contribution is 2.47. The van der Waals surface area contributed by atoms with Crippen LogP contribution in [0.2, 0.25) is 0 Å². The number of guanidine groups is 1. The highest BCUT2D eigenvalue weighted by Gasteiger charge is 2.48. The van der Waals surface area contributed by atoms with Crippen molar-refractivity contribution in [1.82, 2.24) is 10.3 Å². The first kappa shape index (κ1) is 16.4. The highest BCUT2D eigenvalue weighted by atomic mass is 32.1. The number of nitrogens with two attached hydrogens (primary N) is 1. The highest BCUT2D eigenvalue weighted by molar-refractivity contribution is 7.10. The SMILES string of the molecule is CN=C(N)NC(C=O)(c1cc(-c2cncc(OC)c2)cs1)C1CC1. The van der Waals surface area contributed by atoms with Crippen molar-refractivity contribution in [2.45, 2.75) is 18.4 Å². The lowest BCUT2D eigenvalue weighted by atomic mass is 9.92. The van der Waals surface area contributed by atoms with Crippen LogP contribution in [-0.2, 0) is 10.3 Å². The number of hydrogen-bond acceptors (Lipinski definition) is 5. The molecule has 1 aliphatic carbocycles. The summed E-state index contributed by atoms with van der Waals surface area (Å²) in [6.45, 7) is 0. The number of rotatable bonds is 6. The zero-order chi connectivity index (χ0) is 17.2. The van der Waals surface area contributed by atoms with Gasteiger partial charge in [0.05, 0.1) is 13.3 Å². The van der Waals surface area contributed by atoms with Crippen LogP contribution < -0.4 is 15.8 Å². The topological polar surface area (TPSA) is 89.6 Å². The molecule has 0 spiro atoms. The molecule has 3 rings (SSSR count). The van der Waals surface area contributed by atoms with Gasteiger partial charge in [0.2, 0.25) is 0 Å². The van der Waals surface area contributed by atoms with E-state index in [1.165, 1.54) is 11.3 Å². The molecule has 1 aliphatic rings. The number of aliphatic imine (C=N–C) groups is 1. The van der Waals surface area contributed by atoms with Gasteiger partial charge in [-0.05, 0) is 41.8 Å². The summed E-state index contributed by atoms with van der Waals surface area (Å²) >= 11 is 1.54. The third-order valence-electron chi connectivity index (χ3n) is 4.27. The number of ether oxygens (including phenoxy) is 1. The molecule has 0 bridgehead atoms. The molecule has 6 nitrogen and oxygen atoms in total. The molecule has 0 radical (unpaired) electrons. The van der Waals surface area contributed by atoms with Crippen LogP contribution in [0.4, 0.5) is 0 Å². The van der Waals surface area contributed by atoms with E-state index >= 15 is 0 Å². The molecule has 0 aliphatic heterocycles. The molecule has 126 valence electrons. The van der Waals surface area contributed by atoms with Crippen LogP contribution in [0, 0.1) is 5.92 Å². The number of carbonyl (C=O) groups is 1. The summed E-state index contributed by atoms with van der Waals surface area (Å²) < 4.78 is 5.23. The van der Waals surface area contributed by atoms with Gasteiger partial charge in [0.1, 0.15) is 11.3 Å². The fraction of sp³-hybridized carbons (Fsp3) is 0.353. The molecule has 2 aromatic heterocycles. The third-order valence-corrected chi connectivity index (χ3v) is 5.35. The van der Waals surface area contributed by atoms with Gasteiger partial charge in [-0.25, -0.2) is 0 Å². The lowest BCUT2D eigenvalue weighted by Crippen LogP contribution is -2.51. The second kappa shape index (κ2) is 6.60. The minimum absolute atomic E-state index is 0.241. The Labute approximate surface area is 144 Å². The van der Waals surface area contributed by atoms with Crippen molar-refractivity contribution in [2.75, 3.05) is 14.2 Å². The first-order chi connectivity index (χ1) is 11.6. The number of thiophene rings is 1. The number of aldehydes is 1. The number of pyridine rings is 1. The number of hydrogen-bond donors (Lipinski definition) is 2. The standard InChI is InChI=1S/C17H20N4O2S/c1-19-16(18)21-17(10-22,13-3-4-13)15-6-12(9-24-15)11-5-14(23-2)8-20-7-11/h5-10,13H,3-4H2,1-2H3,(H3,18,19,21). The van der Waals surface area contributed by atoms with E-state index in [9.17, 15) is 4.79 Å². The Bertz CT molecular complexity index is 769. The predicted molar refractivity (Wildman–Crippen MR) is 95.3 cm³/mol. The van der Waals surface area contributed by atoms with Crippen molar-refractivity contribution >= 4 is 23.6 Å². The van der Waals surface area contributed by atoms with Crippen LogP contribution >= 0.6 is 11.3 Å². The summed E-state index contributed by atoms with van der Waals surface area (Å²) in [5.41, 5.74) is 7.00. The normalized spacial score (nSPS) is 17.2.